The second kappa shape index (κ2) is 7.17. The SMILES string of the molecule is C=CCOCc1ncn2c1CN(Cc1csc(C)n1)CCC2. The maximum Gasteiger partial charge on any atom is 0.0953 e. The highest BCUT2D eigenvalue weighted by atomic mass is 32.1. The summed E-state index contributed by atoms with van der Waals surface area (Å²) in [6.45, 7) is 10.8. The van der Waals surface area contributed by atoms with Crippen LogP contribution in [0.5, 0.6) is 0 Å². The average Bonchev–Trinajstić information content (AvgIpc) is 3.01. The van der Waals surface area contributed by atoms with Gasteiger partial charge in [-0.15, -0.1) is 17.9 Å². The van der Waals surface area contributed by atoms with Gasteiger partial charge in [0.15, 0.2) is 0 Å². The number of fused-ring (bicyclic) bond motifs is 1. The Morgan fingerprint density at radius 1 is 1.45 bits per heavy atom. The summed E-state index contributed by atoms with van der Waals surface area (Å²) < 4.78 is 7.83. The summed E-state index contributed by atoms with van der Waals surface area (Å²) in [6, 6.07) is 0. The number of hydrogen-bond acceptors (Lipinski definition) is 5. The van der Waals surface area contributed by atoms with Crippen molar-refractivity contribution >= 4 is 11.3 Å². The van der Waals surface area contributed by atoms with Gasteiger partial charge in [-0.3, -0.25) is 4.90 Å². The van der Waals surface area contributed by atoms with Gasteiger partial charge in [-0.1, -0.05) is 6.08 Å². The molecule has 0 bridgehead atoms. The number of nitrogens with zero attached hydrogens (tertiary/aromatic N) is 4. The Hall–Kier alpha value is -1.50. The highest BCUT2D eigenvalue weighted by molar-refractivity contribution is 7.09. The van der Waals surface area contributed by atoms with Crippen molar-refractivity contribution in [2.75, 3.05) is 13.2 Å². The third kappa shape index (κ3) is 3.63. The van der Waals surface area contributed by atoms with Gasteiger partial charge in [-0.25, -0.2) is 9.97 Å². The molecule has 0 amide bonds. The van der Waals surface area contributed by atoms with Gasteiger partial charge in [0.2, 0.25) is 0 Å². The predicted octanol–water partition coefficient (Wildman–Crippen LogP) is 2.76. The van der Waals surface area contributed by atoms with Gasteiger partial charge < -0.3 is 9.30 Å². The fourth-order valence-corrected chi connectivity index (χ4v) is 3.39. The zero-order chi connectivity index (χ0) is 15.4. The minimum absolute atomic E-state index is 0.554. The van der Waals surface area contributed by atoms with E-state index in [4.69, 9.17) is 4.74 Å². The number of hydrogen-bond donors (Lipinski definition) is 0. The maximum atomic E-state index is 5.57. The van der Waals surface area contributed by atoms with Crippen LogP contribution in [0, 0.1) is 6.92 Å². The topological polar surface area (TPSA) is 43.2 Å². The second-order valence-electron chi connectivity index (χ2n) is 5.56. The molecule has 2 aromatic rings. The maximum absolute atomic E-state index is 5.57. The Morgan fingerprint density at radius 2 is 2.36 bits per heavy atom. The summed E-state index contributed by atoms with van der Waals surface area (Å²) in [5.41, 5.74) is 3.48. The van der Waals surface area contributed by atoms with Crippen molar-refractivity contribution < 1.29 is 4.74 Å². The van der Waals surface area contributed by atoms with Gasteiger partial charge in [0.25, 0.3) is 0 Å². The summed E-state index contributed by atoms with van der Waals surface area (Å²) in [6.07, 6.45) is 4.85. The van der Waals surface area contributed by atoms with Crippen LogP contribution in [0.1, 0.15) is 28.5 Å². The van der Waals surface area contributed by atoms with E-state index in [1.54, 1.807) is 17.4 Å². The van der Waals surface area contributed by atoms with Crippen molar-refractivity contribution in [1.82, 2.24) is 19.4 Å². The first-order chi connectivity index (χ1) is 10.8. The third-order valence-corrected chi connectivity index (χ3v) is 4.63. The molecule has 0 fully saturated rings. The number of thiazole rings is 1. The molecular formula is C16H22N4OS. The number of imidazole rings is 1. The molecule has 1 aliphatic rings. The van der Waals surface area contributed by atoms with Gasteiger partial charge >= 0.3 is 0 Å². The van der Waals surface area contributed by atoms with Crippen LogP contribution in [-0.4, -0.2) is 32.6 Å². The molecular weight excluding hydrogens is 296 g/mol. The predicted molar refractivity (Wildman–Crippen MR) is 87.7 cm³/mol. The van der Waals surface area contributed by atoms with E-state index < -0.39 is 0 Å². The van der Waals surface area contributed by atoms with Crippen LogP contribution in [0.4, 0.5) is 0 Å². The fourth-order valence-electron chi connectivity index (χ4n) is 2.78. The second-order valence-corrected chi connectivity index (χ2v) is 6.62. The van der Waals surface area contributed by atoms with Crippen LogP contribution in [0.2, 0.25) is 0 Å². The molecule has 2 aromatic heterocycles. The molecule has 0 saturated carbocycles. The largest absolute Gasteiger partial charge is 0.371 e. The molecule has 1 aliphatic heterocycles. The zero-order valence-corrected chi connectivity index (χ0v) is 13.8. The van der Waals surface area contributed by atoms with Crippen LogP contribution in [0.25, 0.3) is 0 Å². The molecule has 0 radical (unpaired) electrons. The van der Waals surface area contributed by atoms with E-state index in [1.165, 1.54) is 11.4 Å². The van der Waals surface area contributed by atoms with E-state index in [1.807, 2.05) is 6.33 Å². The monoisotopic (exact) mass is 318 g/mol. The van der Waals surface area contributed by atoms with Gasteiger partial charge in [0.05, 0.1) is 41.6 Å². The van der Waals surface area contributed by atoms with Crippen molar-refractivity contribution in [1.29, 1.82) is 0 Å². The molecule has 22 heavy (non-hydrogen) atoms. The molecule has 0 aromatic carbocycles. The highest BCUT2D eigenvalue weighted by Gasteiger charge is 2.19. The van der Waals surface area contributed by atoms with E-state index >= 15 is 0 Å². The molecule has 0 atom stereocenters. The van der Waals surface area contributed by atoms with Crippen LogP contribution >= 0.6 is 11.3 Å². The molecule has 0 unspecified atom stereocenters. The normalized spacial score (nSPS) is 15.5. The molecule has 6 heteroatoms. The third-order valence-electron chi connectivity index (χ3n) is 3.81. The molecule has 5 nitrogen and oxygen atoms in total. The van der Waals surface area contributed by atoms with E-state index in [0.717, 1.165) is 43.3 Å². The smallest absolute Gasteiger partial charge is 0.0953 e. The lowest BCUT2D eigenvalue weighted by Crippen LogP contribution is -2.23. The lowest BCUT2D eigenvalue weighted by atomic mass is 10.3. The standard InChI is InChI=1S/C16H22N4OS/c1-3-7-21-10-15-16-9-19(5-4-6-20(16)12-17-15)8-14-11-22-13(2)18-14/h3,11-12H,1,4-10H2,2H3. The molecule has 0 saturated heterocycles. The Labute approximate surface area is 135 Å². The molecule has 0 spiro atoms. The Bertz CT molecular complexity index is 634. The summed E-state index contributed by atoms with van der Waals surface area (Å²) in [5, 5.41) is 3.29. The van der Waals surface area contributed by atoms with Crippen molar-refractivity contribution in [2.24, 2.45) is 0 Å². The number of aromatic nitrogens is 3. The Kier molecular flexibility index (Phi) is 5.02. The summed E-state index contributed by atoms with van der Waals surface area (Å²) in [5.74, 6) is 0. The average molecular weight is 318 g/mol. The summed E-state index contributed by atoms with van der Waals surface area (Å²) >= 11 is 1.72. The number of ether oxygens (including phenoxy) is 1. The van der Waals surface area contributed by atoms with Crippen molar-refractivity contribution in [3.63, 3.8) is 0 Å². The fraction of sp³-hybridized carbons (Fsp3) is 0.500. The van der Waals surface area contributed by atoms with Crippen molar-refractivity contribution in [3.8, 4) is 0 Å². The molecule has 0 aliphatic carbocycles. The first kappa shape index (κ1) is 15.4. The Morgan fingerprint density at radius 3 is 3.14 bits per heavy atom. The van der Waals surface area contributed by atoms with E-state index in [2.05, 4.69) is 38.3 Å². The van der Waals surface area contributed by atoms with E-state index in [9.17, 15) is 0 Å². The minimum atomic E-state index is 0.554. The number of aryl methyl sites for hydroxylation is 2. The van der Waals surface area contributed by atoms with Crippen LogP contribution in [0.15, 0.2) is 24.4 Å². The van der Waals surface area contributed by atoms with Gasteiger partial charge in [-0.05, 0) is 13.3 Å². The summed E-state index contributed by atoms with van der Waals surface area (Å²) in [7, 11) is 0. The summed E-state index contributed by atoms with van der Waals surface area (Å²) in [4.78, 5) is 11.6. The first-order valence-electron chi connectivity index (χ1n) is 7.61. The molecule has 0 N–H and O–H groups in total. The number of rotatable bonds is 6. The minimum Gasteiger partial charge on any atom is -0.371 e. The van der Waals surface area contributed by atoms with Gasteiger partial charge in [0, 0.05) is 31.6 Å². The van der Waals surface area contributed by atoms with Gasteiger partial charge in [0.1, 0.15) is 0 Å². The van der Waals surface area contributed by atoms with Crippen molar-refractivity contribution in [2.45, 2.75) is 39.6 Å². The Balaban J connectivity index is 1.70. The van der Waals surface area contributed by atoms with Crippen LogP contribution in [-0.2, 0) is 31.0 Å². The quantitative estimate of drug-likeness (QED) is 0.607. The lowest BCUT2D eigenvalue weighted by Gasteiger charge is -2.18. The zero-order valence-electron chi connectivity index (χ0n) is 13.0. The molecule has 3 rings (SSSR count). The van der Waals surface area contributed by atoms with Crippen LogP contribution < -0.4 is 0 Å². The molecule has 3 heterocycles. The van der Waals surface area contributed by atoms with E-state index in [-0.39, 0.29) is 0 Å². The van der Waals surface area contributed by atoms with Crippen molar-refractivity contribution in [3.05, 3.63) is 46.5 Å². The lowest BCUT2D eigenvalue weighted by molar-refractivity contribution is 0.144. The highest BCUT2D eigenvalue weighted by Crippen LogP contribution is 2.19. The van der Waals surface area contributed by atoms with Crippen LogP contribution in [0.3, 0.4) is 0 Å². The first-order valence-corrected chi connectivity index (χ1v) is 8.49. The molecule has 118 valence electrons. The van der Waals surface area contributed by atoms with E-state index in [0.29, 0.717) is 13.2 Å². The van der Waals surface area contributed by atoms with Gasteiger partial charge in [-0.2, -0.15) is 0 Å².